The van der Waals surface area contributed by atoms with Crippen molar-refractivity contribution < 1.29 is 9.15 Å². The molecule has 0 spiro atoms. The van der Waals surface area contributed by atoms with Gasteiger partial charge in [0.05, 0.1) is 12.6 Å². The van der Waals surface area contributed by atoms with E-state index in [1.807, 2.05) is 50.4 Å². The van der Waals surface area contributed by atoms with Gasteiger partial charge < -0.3 is 14.5 Å². The molecule has 2 aromatic carbocycles. The highest BCUT2D eigenvalue weighted by atomic mass is 16.5. The monoisotopic (exact) mass is 281 g/mol. The van der Waals surface area contributed by atoms with E-state index in [-0.39, 0.29) is 6.04 Å². The van der Waals surface area contributed by atoms with Crippen molar-refractivity contribution in [1.82, 2.24) is 5.32 Å². The normalized spacial score (nSPS) is 12.5. The molecule has 0 aliphatic rings. The molecule has 3 rings (SSSR count). The number of para-hydroxylation sites is 2. The first kappa shape index (κ1) is 13.7. The number of furan rings is 1. The van der Waals surface area contributed by atoms with Gasteiger partial charge in [0.25, 0.3) is 0 Å². The molecule has 3 aromatic rings. The SMILES string of the molecule is CCOc1ccccc1C(NC)c1cc2ccccc2o1. The summed E-state index contributed by atoms with van der Waals surface area (Å²) >= 11 is 0. The summed E-state index contributed by atoms with van der Waals surface area (Å²) in [5.74, 6) is 1.78. The highest BCUT2D eigenvalue weighted by molar-refractivity contribution is 5.78. The zero-order valence-corrected chi connectivity index (χ0v) is 12.3. The summed E-state index contributed by atoms with van der Waals surface area (Å²) in [7, 11) is 1.93. The Morgan fingerprint density at radius 1 is 1.10 bits per heavy atom. The van der Waals surface area contributed by atoms with E-state index in [4.69, 9.17) is 9.15 Å². The summed E-state index contributed by atoms with van der Waals surface area (Å²) in [6, 6.07) is 18.2. The van der Waals surface area contributed by atoms with Gasteiger partial charge in [-0.05, 0) is 32.2 Å². The minimum atomic E-state index is -0.0276. The number of nitrogens with one attached hydrogen (secondary N) is 1. The van der Waals surface area contributed by atoms with Crippen LogP contribution in [0.4, 0.5) is 0 Å². The number of rotatable bonds is 5. The summed E-state index contributed by atoms with van der Waals surface area (Å²) in [4.78, 5) is 0. The molecule has 0 saturated carbocycles. The van der Waals surface area contributed by atoms with Crippen LogP contribution in [0.15, 0.2) is 59.0 Å². The van der Waals surface area contributed by atoms with Gasteiger partial charge in [0.2, 0.25) is 0 Å². The largest absolute Gasteiger partial charge is 0.494 e. The van der Waals surface area contributed by atoms with Crippen LogP contribution in [0.3, 0.4) is 0 Å². The molecule has 0 saturated heterocycles. The fraction of sp³-hybridized carbons (Fsp3) is 0.222. The molecular formula is C18H19NO2. The molecule has 3 nitrogen and oxygen atoms in total. The van der Waals surface area contributed by atoms with Crippen LogP contribution in [0.1, 0.15) is 24.3 Å². The zero-order chi connectivity index (χ0) is 14.7. The van der Waals surface area contributed by atoms with E-state index < -0.39 is 0 Å². The second-order valence-corrected chi connectivity index (χ2v) is 4.88. The lowest BCUT2D eigenvalue weighted by atomic mass is 10.0. The molecule has 1 unspecified atom stereocenters. The van der Waals surface area contributed by atoms with Crippen LogP contribution < -0.4 is 10.1 Å². The Labute approximate surface area is 124 Å². The van der Waals surface area contributed by atoms with Crippen LogP contribution in [-0.4, -0.2) is 13.7 Å². The maximum atomic E-state index is 5.99. The summed E-state index contributed by atoms with van der Waals surface area (Å²) in [6.45, 7) is 2.64. The predicted molar refractivity (Wildman–Crippen MR) is 84.7 cm³/mol. The van der Waals surface area contributed by atoms with E-state index in [0.29, 0.717) is 6.61 Å². The van der Waals surface area contributed by atoms with E-state index >= 15 is 0 Å². The fourth-order valence-electron chi connectivity index (χ4n) is 2.60. The minimum Gasteiger partial charge on any atom is -0.494 e. The van der Waals surface area contributed by atoms with Gasteiger partial charge in [-0.25, -0.2) is 0 Å². The minimum absolute atomic E-state index is 0.0276. The van der Waals surface area contributed by atoms with Crippen molar-refractivity contribution in [3.8, 4) is 5.75 Å². The number of hydrogen-bond donors (Lipinski definition) is 1. The molecule has 1 atom stereocenters. The molecule has 0 aliphatic heterocycles. The molecule has 21 heavy (non-hydrogen) atoms. The van der Waals surface area contributed by atoms with E-state index in [1.165, 1.54) is 0 Å². The second-order valence-electron chi connectivity index (χ2n) is 4.88. The Kier molecular flexibility index (Phi) is 3.93. The molecule has 0 bridgehead atoms. The Bertz CT molecular complexity index is 700. The van der Waals surface area contributed by atoms with Gasteiger partial charge >= 0.3 is 0 Å². The van der Waals surface area contributed by atoms with Crippen molar-refractivity contribution in [2.24, 2.45) is 0 Å². The topological polar surface area (TPSA) is 34.4 Å². The maximum absolute atomic E-state index is 5.99. The maximum Gasteiger partial charge on any atom is 0.134 e. The Balaban J connectivity index is 2.05. The molecule has 0 amide bonds. The van der Waals surface area contributed by atoms with E-state index in [0.717, 1.165) is 28.0 Å². The first-order valence-corrected chi connectivity index (χ1v) is 7.21. The highest BCUT2D eigenvalue weighted by Gasteiger charge is 2.20. The molecule has 1 heterocycles. The first-order chi connectivity index (χ1) is 10.3. The van der Waals surface area contributed by atoms with Crippen LogP contribution in [0.25, 0.3) is 11.0 Å². The molecule has 108 valence electrons. The summed E-state index contributed by atoms with van der Waals surface area (Å²) in [5.41, 5.74) is 1.99. The van der Waals surface area contributed by atoms with Gasteiger partial charge in [0, 0.05) is 10.9 Å². The van der Waals surface area contributed by atoms with E-state index in [1.54, 1.807) is 0 Å². The quantitative estimate of drug-likeness (QED) is 0.763. The van der Waals surface area contributed by atoms with Crippen molar-refractivity contribution in [2.75, 3.05) is 13.7 Å². The predicted octanol–water partition coefficient (Wildman–Crippen LogP) is 4.14. The number of ether oxygens (including phenoxy) is 1. The van der Waals surface area contributed by atoms with Gasteiger partial charge in [-0.15, -0.1) is 0 Å². The standard InChI is InChI=1S/C18H19NO2/c1-3-20-16-11-7-5-9-14(16)18(19-2)17-12-13-8-4-6-10-15(13)21-17/h4-12,18-19H,3H2,1-2H3. The molecule has 0 fully saturated rings. The van der Waals surface area contributed by atoms with E-state index in [9.17, 15) is 0 Å². The van der Waals surface area contributed by atoms with Crippen molar-refractivity contribution in [1.29, 1.82) is 0 Å². The second kappa shape index (κ2) is 6.02. The van der Waals surface area contributed by atoms with Crippen molar-refractivity contribution >= 4 is 11.0 Å². The molecule has 1 aromatic heterocycles. The summed E-state index contributed by atoms with van der Waals surface area (Å²) in [5, 5.41) is 4.43. The Morgan fingerprint density at radius 3 is 2.62 bits per heavy atom. The molecular weight excluding hydrogens is 262 g/mol. The lowest BCUT2D eigenvalue weighted by Crippen LogP contribution is -2.18. The molecule has 1 N–H and O–H groups in total. The van der Waals surface area contributed by atoms with Gasteiger partial charge in [-0.3, -0.25) is 0 Å². The zero-order valence-electron chi connectivity index (χ0n) is 12.3. The fourth-order valence-corrected chi connectivity index (χ4v) is 2.60. The number of fused-ring (bicyclic) bond motifs is 1. The summed E-state index contributed by atoms with van der Waals surface area (Å²) in [6.07, 6.45) is 0. The van der Waals surface area contributed by atoms with Crippen LogP contribution in [-0.2, 0) is 0 Å². The smallest absolute Gasteiger partial charge is 0.134 e. The Morgan fingerprint density at radius 2 is 1.86 bits per heavy atom. The third-order valence-corrected chi connectivity index (χ3v) is 3.55. The average molecular weight is 281 g/mol. The molecule has 0 aliphatic carbocycles. The van der Waals surface area contributed by atoms with Crippen molar-refractivity contribution in [3.05, 3.63) is 65.9 Å². The Hall–Kier alpha value is -2.26. The van der Waals surface area contributed by atoms with Gasteiger partial charge in [0.15, 0.2) is 0 Å². The number of hydrogen-bond acceptors (Lipinski definition) is 3. The van der Waals surface area contributed by atoms with Crippen LogP contribution in [0.5, 0.6) is 5.75 Å². The number of benzene rings is 2. The van der Waals surface area contributed by atoms with Crippen LogP contribution in [0.2, 0.25) is 0 Å². The highest BCUT2D eigenvalue weighted by Crippen LogP contribution is 2.32. The third kappa shape index (κ3) is 2.65. The van der Waals surface area contributed by atoms with Crippen LogP contribution in [0, 0.1) is 0 Å². The van der Waals surface area contributed by atoms with Crippen LogP contribution >= 0.6 is 0 Å². The lowest BCUT2D eigenvalue weighted by Gasteiger charge is -2.17. The first-order valence-electron chi connectivity index (χ1n) is 7.21. The van der Waals surface area contributed by atoms with Crippen molar-refractivity contribution in [3.63, 3.8) is 0 Å². The van der Waals surface area contributed by atoms with Gasteiger partial charge in [-0.1, -0.05) is 36.4 Å². The van der Waals surface area contributed by atoms with Crippen molar-refractivity contribution in [2.45, 2.75) is 13.0 Å². The molecule has 3 heteroatoms. The van der Waals surface area contributed by atoms with Gasteiger partial charge in [0.1, 0.15) is 17.1 Å². The third-order valence-electron chi connectivity index (χ3n) is 3.55. The molecule has 0 radical (unpaired) electrons. The summed E-state index contributed by atoms with van der Waals surface area (Å²) < 4.78 is 11.7. The average Bonchev–Trinajstić information content (AvgIpc) is 2.93. The van der Waals surface area contributed by atoms with E-state index in [2.05, 4.69) is 23.5 Å². The lowest BCUT2D eigenvalue weighted by molar-refractivity contribution is 0.332. The van der Waals surface area contributed by atoms with Gasteiger partial charge in [-0.2, -0.15) is 0 Å².